The van der Waals surface area contributed by atoms with Gasteiger partial charge in [-0.1, -0.05) is 24.3 Å². The number of allylic oxidation sites excluding steroid dienone is 2. The lowest BCUT2D eigenvalue weighted by Gasteiger charge is -2.24. The maximum atomic E-state index is 13.3. The lowest BCUT2D eigenvalue weighted by Crippen LogP contribution is -2.71. The molecule has 9 heteroatoms. The zero-order valence-electron chi connectivity index (χ0n) is 14.5. The van der Waals surface area contributed by atoms with Gasteiger partial charge >= 0.3 is 0 Å². The SMILES string of the molecule is O=C1c2ccccc2C(=O)c2c3c(cc(S(=O)(=O)Cl)c21)SC1C=C(O)C=CC1=[NH+]3. The summed E-state index contributed by atoms with van der Waals surface area (Å²) >= 11 is 1.26. The van der Waals surface area contributed by atoms with Gasteiger partial charge in [0.2, 0.25) is 11.5 Å². The molecule has 0 fully saturated rings. The molecular weight excluding hydrogens is 434 g/mol. The van der Waals surface area contributed by atoms with Crippen molar-refractivity contribution in [2.45, 2.75) is 15.0 Å². The molecule has 0 aromatic heterocycles. The number of hydrogen-bond donors (Lipinski definition) is 2. The highest BCUT2D eigenvalue weighted by Crippen LogP contribution is 2.43. The summed E-state index contributed by atoms with van der Waals surface area (Å²) in [5, 5.41) is 9.47. The summed E-state index contributed by atoms with van der Waals surface area (Å²) in [6, 6.07) is 7.61. The first-order chi connectivity index (χ1) is 13.8. The molecule has 1 unspecified atom stereocenters. The van der Waals surface area contributed by atoms with Crippen LogP contribution in [-0.4, -0.2) is 36.1 Å². The molecule has 3 aliphatic rings. The second-order valence-corrected chi connectivity index (χ2v) is 10.4. The molecule has 0 spiro atoms. The van der Waals surface area contributed by atoms with Crippen LogP contribution < -0.4 is 4.99 Å². The van der Waals surface area contributed by atoms with Crippen molar-refractivity contribution in [3.8, 4) is 0 Å². The smallest absolute Gasteiger partial charge is 0.262 e. The Morgan fingerprint density at radius 2 is 1.69 bits per heavy atom. The van der Waals surface area contributed by atoms with Crippen LogP contribution in [0, 0.1) is 0 Å². The number of halogens is 1. The summed E-state index contributed by atoms with van der Waals surface area (Å²) in [4.78, 5) is 29.7. The maximum Gasteiger partial charge on any atom is 0.262 e. The van der Waals surface area contributed by atoms with E-state index in [9.17, 15) is 23.1 Å². The van der Waals surface area contributed by atoms with Gasteiger partial charge in [-0.05, 0) is 18.2 Å². The Balaban J connectivity index is 1.87. The van der Waals surface area contributed by atoms with Crippen LogP contribution in [0.3, 0.4) is 0 Å². The van der Waals surface area contributed by atoms with Crippen molar-refractivity contribution >= 4 is 54.5 Å². The number of aliphatic hydroxyl groups is 1. The van der Waals surface area contributed by atoms with Crippen molar-refractivity contribution in [2.75, 3.05) is 0 Å². The molecule has 0 amide bonds. The van der Waals surface area contributed by atoms with Crippen LogP contribution in [0.2, 0.25) is 0 Å². The van der Waals surface area contributed by atoms with Crippen LogP contribution in [0.25, 0.3) is 0 Å². The monoisotopic (exact) mass is 444 g/mol. The van der Waals surface area contributed by atoms with Crippen molar-refractivity contribution in [3.05, 3.63) is 76.6 Å². The molecule has 2 aromatic rings. The molecule has 29 heavy (non-hydrogen) atoms. The van der Waals surface area contributed by atoms with E-state index in [1.165, 1.54) is 30.0 Å². The first kappa shape index (κ1) is 18.4. The average molecular weight is 445 g/mol. The molecular formula is C20H11ClNO5S2+. The van der Waals surface area contributed by atoms with E-state index in [-0.39, 0.29) is 33.3 Å². The Kier molecular flexibility index (Phi) is 3.90. The fourth-order valence-corrected chi connectivity index (χ4v) is 6.05. The van der Waals surface area contributed by atoms with E-state index < -0.39 is 25.5 Å². The first-order valence-electron chi connectivity index (χ1n) is 8.49. The lowest BCUT2D eigenvalue weighted by atomic mass is 9.83. The first-order valence-corrected chi connectivity index (χ1v) is 11.7. The van der Waals surface area contributed by atoms with E-state index in [4.69, 9.17) is 10.7 Å². The Labute approximate surface area is 174 Å². The summed E-state index contributed by atoms with van der Waals surface area (Å²) in [6.07, 6.45) is 4.79. The van der Waals surface area contributed by atoms with Gasteiger partial charge in [-0.3, -0.25) is 9.59 Å². The molecule has 1 heterocycles. The fraction of sp³-hybridized carbons (Fsp3) is 0.0500. The highest BCUT2D eigenvalue weighted by atomic mass is 35.7. The Hall–Kier alpha value is -2.68. The Morgan fingerprint density at radius 3 is 2.34 bits per heavy atom. The largest absolute Gasteiger partial charge is 0.508 e. The molecule has 0 saturated heterocycles. The number of benzene rings is 2. The third kappa shape index (κ3) is 2.71. The van der Waals surface area contributed by atoms with Crippen molar-refractivity contribution in [1.29, 1.82) is 0 Å². The lowest BCUT2D eigenvalue weighted by molar-refractivity contribution is -0.358. The average Bonchev–Trinajstić information content (AvgIpc) is 2.68. The van der Waals surface area contributed by atoms with Gasteiger partial charge in [-0.25, -0.2) is 13.4 Å². The predicted octanol–water partition coefficient (Wildman–Crippen LogP) is 2.03. The van der Waals surface area contributed by atoms with Crippen molar-refractivity contribution in [3.63, 3.8) is 0 Å². The van der Waals surface area contributed by atoms with Crippen LogP contribution >= 0.6 is 22.4 Å². The number of aliphatic hydroxyl groups excluding tert-OH is 1. The zero-order chi connectivity index (χ0) is 20.5. The topological polar surface area (TPSA) is 102 Å². The minimum absolute atomic E-state index is 0.00366. The normalized spacial score (nSPS) is 19.6. The molecule has 144 valence electrons. The van der Waals surface area contributed by atoms with Crippen molar-refractivity contribution in [2.24, 2.45) is 0 Å². The predicted molar refractivity (Wildman–Crippen MR) is 108 cm³/mol. The van der Waals surface area contributed by atoms with Gasteiger partial charge < -0.3 is 5.11 Å². The van der Waals surface area contributed by atoms with Gasteiger partial charge in [-0.15, -0.1) is 11.8 Å². The maximum absolute atomic E-state index is 13.3. The van der Waals surface area contributed by atoms with E-state index in [2.05, 4.69) is 4.99 Å². The molecule has 2 aromatic carbocycles. The number of carbonyl (C=O) groups excluding carboxylic acids is 2. The highest BCUT2D eigenvalue weighted by Gasteiger charge is 2.42. The van der Waals surface area contributed by atoms with Gasteiger partial charge in [-0.2, -0.15) is 0 Å². The van der Waals surface area contributed by atoms with Gasteiger partial charge in [0.1, 0.15) is 16.6 Å². The molecule has 0 saturated carbocycles. The van der Waals surface area contributed by atoms with E-state index in [0.29, 0.717) is 16.3 Å². The number of carbonyl (C=O) groups is 2. The second kappa shape index (κ2) is 6.16. The van der Waals surface area contributed by atoms with E-state index >= 15 is 0 Å². The quantitative estimate of drug-likeness (QED) is 0.557. The van der Waals surface area contributed by atoms with E-state index in [0.717, 1.165) is 0 Å². The van der Waals surface area contributed by atoms with Crippen molar-refractivity contribution in [1.82, 2.24) is 0 Å². The van der Waals surface area contributed by atoms with Crippen LogP contribution in [0.15, 0.2) is 64.1 Å². The summed E-state index contributed by atoms with van der Waals surface area (Å²) in [6.45, 7) is 0. The standard InChI is InChI=1S/C20H10ClNO5S2/c21-29(26,27)15-8-14-18(22-12-6-5-9(23)7-13(12)28-14)17-16(15)19(24)10-3-1-2-4-11(10)20(17)25/h1-8,13,23H/p+1. The number of nitrogens with one attached hydrogen (secondary N) is 1. The van der Waals surface area contributed by atoms with Crippen LogP contribution in [-0.2, 0) is 9.05 Å². The molecule has 0 bridgehead atoms. The van der Waals surface area contributed by atoms with Gasteiger partial charge in [0.25, 0.3) is 9.05 Å². The molecule has 0 radical (unpaired) electrons. The van der Waals surface area contributed by atoms with E-state index in [1.807, 2.05) is 0 Å². The van der Waals surface area contributed by atoms with Crippen molar-refractivity contribution < 1.29 is 28.1 Å². The fourth-order valence-electron chi connectivity index (χ4n) is 3.71. The molecule has 5 rings (SSSR count). The van der Waals surface area contributed by atoms with Crippen LogP contribution in [0.5, 0.6) is 0 Å². The van der Waals surface area contributed by atoms with Crippen LogP contribution in [0.1, 0.15) is 31.8 Å². The number of fused-ring (bicyclic) bond motifs is 5. The number of ketones is 2. The van der Waals surface area contributed by atoms with Crippen LogP contribution in [0.4, 0.5) is 5.69 Å². The number of rotatable bonds is 1. The molecule has 1 atom stereocenters. The summed E-state index contributed by atoms with van der Waals surface area (Å²) in [5.74, 6) is -0.924. The number of thioether (sulfide) groups is 1. The van der Waals surface area contributed by atoms with Gasteiger partial charge in [0, 0.05) is 27.9 Å². The third-order valence-corrected chi connectivity index (χ3v) is 7.54. The second-order valence-electron chi connectivity index (χ2n) is 6.68. The minimum Gasteiger partial charge on any atom is -0.508 e. The van der Waals surface area contributed by atoms with E-state index in [1.54, 1.807) is 30.4 Å². The summed E-state index contributed by atoms with van der Waals surface area (Å²) in [7, 11) is 1.35. The molecule has 2 aliphatic carbocycles. The Bertz CT molecular complexity index is 1360. The van der Waals surface area contributed by atoms with Gasteiger partial charge in [0.05, 0.1) is 15.4 Å². The summed E-state index contributed by atoms with van der Waals surface area (Å²) in [5.41, 5.74) is 1.22. The third-order valence-electron chi connectivity index (χ3n) is 4.97. The Morgan fingerprint density at radius 1 is 1.03 bits per heavy atom. The summed E-state index contributed by atoms with van der Waals surface area (Å²) < 4.78 is 24.6. The minimum atomic E-state index is -4.30. The number of hydrogen-bond acceptors (Lipinski definition) is 6. The molecule has 1 aliphatic heterocycles. The highest BCUT2D eigenvalue weighted by molar-refractivity contribution is 8.13. The zero-order valence-corrected chi connectivity index (χ0v) is 16.9. The molecule has 2 N–H and O–H groups in total. The molecule has 6 nitrogen and oxygen atoms in total. The van der Waals surface area contributed by atoms with Gasteiger partial charge in [0.15, 0.2) is 11.5 Å².